The minimum atomic E-state index is -0.116. The van der Waals surface area contributed by atoms with Crippen LogP contribution in [0.25, 0.3) is 0 Å². The molecular weight excluding hydrogens is 412 g/mol. The van der Waals surface area contributed by atoms with Crippen LogP contribution in [0.1, 0.15) is 72.9 Å². The second-order valence-corrected chi connectivity index (χ2v) is 10.4. The second-order valence-electron chi connectivity index (χ2n) is 10.4. The number of hydrogen-bond acceptors (Lipinski definition) is 4. The lowest BCUT2D eigenvalue weighted by Gasteiger charge is -2.29. The Bertz CT molecular complexity index is 846. The van der Waals surface area contributed by atoms with Crippen LogP contribution in [0, 0.1) is 27.7 Å². The van der Waals surface area contributed by atoms with Gasteiger partial charge in [0.1, 0.15) is 11.5 Å². The third-order valence-corrected chi connectivity index (χ3v) is 7.00. The topological polar surface area (TPSA) is 43.5 Å². The van der Waals surface area contributed by atoms with Crippen molar-refractivity contribution in [3.63, 3.8) is 0 Å². The molecule has 4 nitrogen and oxygen atoms in total. The van der Waals surface area contributed by atoms with Crippen molar-refractivity contribution in [2.24, 2.45) is 0 Å². The van der Waals surface area contributed by atoms with Crippen LogP contribution in [0.15, 0.2) is 24.3 Å². The smallest absolute Gasteiger partial charge is 0.125 e. The van der Waals surface area contributed by atoms with E-state index < -0.39 is 0 Å². The fourth-order valence-electron chi connectivity index (χ4n) is 4.68. The average Bonchev–Trinajstić information content (AvgIpc) is 3.66. The SMILES string of the molecule is Cc1cc(C(C)(C)c2cc(C)c(OCCCC3CO3)c(C)c2)cc(C)c1OCCCC1CO1. The summed E-state index contributed by atoms with van der Waals surface area (Å²) < 4.78 is 22.9. The molecule has 0 radical (unpaired) electrons. The molecule has 0 aromatic heterocycles. The van der Waals surface area contributed by atoms with Crippen LogP contribution in [0.3, 0.4) is 0 Å². The van der Waals surface area contributed by atoms with Gasteiger partial charge in [-0.1, -0.05) is 38.1 Å². The lowest BCUT2D eigenvalue weighted by atomic mass is 9.76. The van der Waals surface area contributed by atoms with Crippen molar-refractivity contribution in [3.05, 3.63) is 57.6 Å². The Labute approximate surface area is 199 Å². The summed E-state index contributed by atoms with van der Waals surface area (Å²) in [7, 11) is 0. The normalized spacial score (nSPS) is 19.5. The number of benzene rings is 2. The molecule has 4 heteroatoms. The van der Waals surface area contributed by atoms with Crippen molar-refractivity contribution in [1.82, 2.24) is 0 Å². The predicted molar refractivity (Wildman–Crippen MR) is 133 cm³/mol. The van der Waals surface area contributed by atoms with Gasteiger partial charge in [-0.15, -0.1) is 0 Å². The Morgan fingerprint density at radius 3 is 1.33 bits per heavy atom. The van der Waals surface area contributed by atoms with Crippen molar-refractivity contribution in [1.29, 1.82) is 0 Å². The number of epoxide rings is 2. The maximum Gasteiger partial charge on any atom is 0.125 e. The second kappa shape index (κ2) is 10.1. The standard InChI is InChI=1S/C29H40O4/c1-19-13-23(14-20(2)27(19)30-11-7-9-25-17-32-25)29(5,6)24-15-21(3)28(22(4)16-24)31-12-8-10-26-18-33-26/h13-16,25-26H,7-12,17-18H2,1-6H3. The van der Waals surface area contributed by atoms with Crippen molar-refractivity contribution < 1.29 is 18.9 Å². The number of ether oxygens (including phenoxy) is 4. The van der Waals surface area contributed by atoms with Crippen LogP contribution < -0.4 is 9.47 Å². The molecule has 0 saturated carbocycles. The molecule has 2 unspecified atom stereocenters. The minimum absolute atomic E-state index is 0.116. The predicted octanol–water partition coefficient (Wildman–Crippen LogP) is 6.36. The minimum Gasteiger partial charge on any atom is -0.493 e. The first kappa shape index (κ1) is 24.1. The Morgan fingerprint density at radius 2 is 1.03 bits per heavy atom. The van der Waals surface area contributed by atoms with E-state index in [0.717, 1.165) is 63.6 Å². The van der Waals surface area contributed by atoms with Gasteiger partial charge < -0.3 is 18.9 Å². The first-order valence-electron chi connectivity index (χ1n) is 12.5. The molecule has 2 heterocycles. The summed E-state index contributed by atoms with van der Waals surface area (Å²) >= 11 is 0. The molecule has 33 heavy (non-hydrogen) atoms. The molecular formula is C29H40O4. The molecule has 0 spiro atoms. The van der Waals surface area contributed by atoms with E-state index in [1.165, 1.54) is 33.4 Å². The maximum atomic E-state index is 6.16. The van der Waals surface area contributed by atoms with Crippen LogP contribution in [-0.4, -0.2) is 38.6 Å². The third-order valence-electron chi connectivity index (χ3n) is 7.00. The highest BCUT2D eigenvalue weighted by Gasteiger charge is 2.27. The van der Waals surface area contributed by atoms with Gasteiger partial charge in [0.2, 0.25) is 0 Å². The van der Waals surface area contributed by atoms with Crippen molar-refractivity contribution in [3.8, 4) is 11.5 Å². The van der Waals surface area contributed by atoms with Crippen LogP contribution in [-0.2, 0) is 14.9 Å². The highest BCUT2D eigenvalue weighted by molar-refractivity contribution is 5.52. The summed E-state index contributed by atoms with van der Waals surface area (Å²) in [4.78, 5) is 0. The van der Waals surface area contributed by atoms with E-state index >= 15 is 0 Å². The van der Waals surface area contributed by atoms with Crippen LogP contribution >= 0.6 is 0 Å². The summed E-state index contributed by atoms with van der Waals surface area (Å²) in [6.45, 7) is 16.6. The molecule has 180 valence electrons. The summed E-state index contributed by atoms with van der Waals surface area (Å²) in [5.74, 6) is 2.05. The average molecular weight is 453 g/mol. The van der Waals surface area contributed by atoms with Gasteiger partial charge >= 0.3 is 0 Å². The molecule has 2 aliphatic heterocycles. The summed E-state index contributed by atoms with van der Waals surface area (Å²) in [5.41, 5.74) is 7.32. The van der Waals surface area contributed by atoms with Gasteiger partial charge in [-0.2, -0.15) is 0 Å². The molecule has 2 atom stereocenters. The van der Waals surface area contributed by atoms with E-state index in [1.54, 1.807) is 0 Å². The van der Waals surface area contributed by atoms with Gasteiger partial charge in [-0.05, 0) is 86.8 Å². The van der Waals surface area contributed by atoms with E-state index in [9.17, 15) is 0 Å². The van der Waals surface area contributed by atoms with Crippen LogP contribution in [0.5, 0.6) is 11.5 Å². The first-order valence-corrected chi connectivity index (χ1v) is 12.5. The summed E-state index contributed by atoms with van der Waals surface area (Å²) in [6.07, 6.45) is 5.21. The molecule has 0 bridgehead atoms. The maximum absolute atomic E-state index is 6.16. The molecule has 4 rings (SSSR count). The molecule has 2 fully saturated rings. The van der Waals surface area contributed by atoms with E-state index in [4.69, 9.17) is 18.9 Å². The fraction of sp³-hybridized carbons (Fsp3) is 0.586. The molecule has 2 aromatic carbocycles. The van der Waals surface area contributed by atoms with E-state index in [0.29, 0.717) is 12.2 Å². The van der Waals surface area contributed by atoms with E-state index in [-0.39, 0.29) is 5.41 Å². The Morgan fingerprint density at radius 1 is 0.697 bits per heavy atom. The van der Waals surface area contributed by atoms with Gasteiger partial charge in [0, 0.05) is 5.41 Å². The van der Waals surface area contributed by atoms with Gasteiger partial charge in [0.15, 0.2) is 0 Å². The molecule has 2 aromatic rings. The molecule has 2 aliphatic rings. The molecule has 2 saturated heterocycles. The molecule has 0 amide bonds. The largest absolute Gasteiger partial charge is 0.493 e. The van der Waals surface area contributed by atoms with Gasteiger partial charge in [0.25, 0.3) is 0 Å². The first-order chi connectivity index (χ1) is 15.8. The lowest BCUT2D eigenvalue weighted by molar-refractivity contribution is 0.290. The van der Waals surface area contributed by atoms with Crippen LogP contribution in [0.2, 0.25) is 0 Å². The van der Waals surface area contributed by atoms with Gasteiger partial charge in [-0.3, -0.25) is 0 Å². The number of aryl methyl sites for hydroxylation is 4. The Balaban J connectivity index is 1.45. The quantitative estimate of drug-likeness (QED) is 0.277. The van der Waals surface area contributed by atoms with E-state index in [2.05, 4.69) is 65.8 Å². The van der Waals surface area contributed by atoms with Crippen LogP contribution in [0.4, 0.5) is 0 Å². The van der Waals surface area contributed by atoms with Crippen molar-refractivity contribution >= 4 is 0 Å². The summed E-state index contributed by atoms with van der Waals surface area (Å²) in [6, 6.07) is 9.17. The highest BCUT2D eigenvalue weighted by Crippen LogP contribution is 2.38. The lowest BCUT2D eigenvalue weighted by Crippen LogP contribution is -2.20. The zero-order valence-corrected chi connectivity index (χ0v) is 21.3. The Hall–Kier alpha value is -2.04. The number of hydrogen-bond donors (Lipinski definition) is 0. The number of rotatable bonds is 12. The molecule has 0 aliphatic carbocycles. The van der Waals surface area contributed by atoms with Crippen molar-refractivity contribution in [2.45, 2.75) is 84.8 Å². The van der Waals surface area contributed by atoms with Crippen molar-refractivity contribution in [2.75, 3.05) is 26.4 Å². The fourth-order valence-corrected chi connectivity index (χ4v) is 4.68. The van der Waals surface area contributed by atoms with Gasteiger partial charge in [-0.25, -0.2) is 0 Å². The zero-order chi connectivity index (χ0) is 23.6. The molecule has 0 N–H and O–H groups in total. The van der Waals surface area contributed by atoms with E-state index in [1.807, 2.05) is 0 Å². The highest BCUT2D eigenvalue weighted by atomic mass is 16.6. The zero-order valence-electron chi connectivity index (χ0n) is 21.3. The Kier molecular flexibility index (Phi) is 7.35. The van der Waals surface area contributed by atoms with Gasteiger partial charge in [0.05, 0.1) is 38.6 Å². The monoisotopic (exact) mass is 452 g/mol. The summed E-state index contributed by atoms with van der Waals surface area (Å²) in [5, 5.41) is 0. The third kappa shape index (κ3) is 6.10.